The molecule has 0 amide bonds. The van der Waals surface area contributed by atoms with Crippen LogP contribution in [0.3, 0.4) is 0 Å². The number of aryl methyl sites for hydroxylation is 1. The first-order valence-corrected chi connectivity index (χ1v) is 10.0. The van der Waals surface area contributed by atoms with Crippen LogP contribution in [0, 0.1) is 0 Å². The van der Waals surface area contributed by atoms with Gasteiger partial charge in [-0.25, -0.2) is 9.97 Å². The number of nitrogens with zero attached hydrogens (tertiary/aromatic N) is 4. The van der Waals surface area contributed by atoms with E-state index in [-0.39, 0.29) is 24.0 Å². The van der Waals surface area contributed by atoms with E-state index in [0.717, 1.165) is 48.1 Å². The summed E-state index contributed by atoms with van der Waals surface area (Å²) in [6, 6.07) is 10.2. The van der Waals surface area contributed by atoms with Gasteiger partial charge in [-0.3, -0.25) is 4.99 Å². The minimum atomic E-state index is 0. The number of halogens is 1. The van der Waals surface area contributed by atoms with Crippen molar-refractivity contribution < 1.29 is 0 Å². The summed E-state index contributed by atoms with van der Waals surface area (Å²) < 4.78 is 0. The van der Waals surface area contributed by atoms with Crippen LogP contribution in [0.15, 0.2) is 46.9 Å². The number of guanidine groups is 1. The SMILES string of the molecule is CCc1nc(CCNC(=NC)N(C)Cc2ncc(-c3ccccc3)[nH]2)cs1.I. The van der Waals surface area contributed by atoms with Gasteiger partial charge in [-0.05, 0) is 12.0 Å². The zero-order valence-corrected chi connectivity index (χ0v) is 19.6. The lowest BCUT2D eigenvalue weighted by molar-refractivity contribution is 0.464. The van der Waals surface area contributed by atoms with Gasteiger partial charge in [0.15, 0.2) is 5.96 Å². The van der Waals surface area contributed by atoms with Crippen molar-refractivity contribution in [2.75, 3.05) is 20.6 Å². The molecular weight excluding hydrogens is 483 g/mol. The lowest BCUT2D eigenvalue weighted by Gasteiger charge is -2.20. The molecule has 0 saturated heterocycles. The van der Waals surface area contributed by atoms with Crippen LogP contribution in [0.4, 0.5) is 0 Å². The van der Waals surface area contributed by atoms with E-state index in [0.29, 0.717) is 6.54 Å². The van der Waals surface area contributed by atoms with E-state index < -0.39 is 0 Å². The maximum absolute atomic E-state index is 4.61. The summed E-state index contributed by atoms with van der Waals surface area (Å²) in [5.74, 6) is 1.75. The van der Waals surface area contributed by atoms with Crippen molar-refractivity contribution in [3.05, 3.63) is 58.4 Å². The monoisotopic (exact) mass is 510 g/mol. The van der Waals surface area contributed by atoms with E-state index in [9.17, 15) is 0 Å². The van der Waals surface area contributed by atoms with Gasteiger partial charge in [0.25, 0.3) is 0 Å². The molecule has 3 rings (SSSR count). The second-order valence-corrected chi connectivity index (χ2v) is 7.22. The van der Waals surface area contributed by atoms with Crippen LogP contribution in [0.5, 0.6) is 0 Å². The molecule has 0 saturated carbocycles. The number of benzene rings is 1. The predicted molar refractivity (Wildman–Crippen MR) is 127 cm³/mol. The van der Waals surface area contributed by atoms with Crippen LogP contribution in [-0.4, -0.2) is 46.5 Å². The smallest absolute Gasteiger partial charge is 0.193 e. The third kappa shape index (κ3) is 6.03. The lowest BCUT2D eigenvalue weighted by atomic mass is 10.2. The first-order chi connectivity index (χ1) is 13.2. The van der Waals surface area contributed by atoms with Gasteiger partial charge in [0.05, 0.1) is 29.1 Å². The van der Waals surface area contributed by atoms with Gasteiger partial charge in [0.2, 0.25) is 0 Å². The highest BCUT2D eigenvalue weighted by molar-refractivity contribution is 14.0. The third-order valence-electron chi connectivity index (χ3n) is 4.24. The normalized spacial score (nSPS) is 11.2. The number of aromatic amines is 1. The fourth-order valence-electron chi connectivity index (χ4n) is 2.82. The van der Waals surface area contributed by atoms with Gasteiger partial charge >= 0.3 is 0 Å². The van der Waals surface area contributed by atoms with Crippen LogP contribution in [0.1, 0.15) is 23.4 Å². The van der Waals surface area contributed by atoms with Crippen molar-refractivity contribution in [3.63, 3.8) is 0 Å². The molecule has 28 heavy (non-hydrogen) atoms. The highest BCUT2D eigenvalue weighted by Crippen LogP contribution is 2.16. The van der Waals surface area contributed by atoms with Gasteiger partial charge in [0, 0.05) is 32.4 Å². The molecule has 150 valence electrons. The molecule has 6 nitrogen and oxygen atoms in total. The first-order valence-electron chi connectivity index (χ1n) is 9.14. The van der Waals surface area contributed by atoms with Gasteiger partial charge in [0.1, 0.15) is 5.82 Å². The summed E-state index contributed by atoms with van der Waals surface area (Å²) in [4.78, 5) is 18.9. The lowest BCUT2D eigenvalue weighted by Crippen LogP contribution is -2.39. The summed E-state index contributed by atoms with van der Waals surface area (Å²) in [6.45, 7) is 3.59. The number of H-pyrrole nitrogens is 1. The van der Waals surface area contributed by atoms with E-state index >= 15 is 0 Å². The molecule has 0 aliphatic rings. The number of aliphatic imine (C=N–C) groups is 1. The second kappa shape index (κ2) is 11.2. The Bertz CT molecular complexity index is 874. The van der Waals surface area contributed by atoms with Crippen LogP contribution in [0.25, 0.3) is 11.3 Å². The molecular formula is C20H27IN6S. The highest BCUT2D eigenvalue weighted by Gasteiger charge is 2.10. The average molecular weight is 510 g/mol. The molecule has 0 atom stereocenters. The Morgan fingerprint density at radius 2 is 2.07 bits per heavy atom. The molecule has 0 bridgehead atoms. The van der Waals surface area contributed by atoms with Crippen LogP contribution >= 0.6 is 35.3 Å². The minimum Gasteiger partial charge on any atom is -0.356 e. The quantitative estimate of drug-likeness (QED) is 0.287. The molecule has 2 heterocycles. The number of nitrogens with one attached hydrogen (secondary N) is 2. The molecule has 0 aliphatic heterocycles. The Hall–Kier alpha value is -1.94. The maximum Gasteiger partial charge on any atom is 0.193 e. The van der Waals surface area contributed by atoms with Crippen molar-refractivity contribution in [2.24, 2.45) is 4.99 Å². The predicted octanol–water partition coefficient (Wildman–Crippen LogP) is 3.96. The number of hydrogen-bond donors (Lipinski definition) is 2. The molecule has 0 radical (unpaired) electrons. The van der Waals surface area contributed by atoms with E-state index in [1.54, 1.807) is 18.4 Å². The maximum atomic E-state index is 4.61. The van der Waals surface area contributed by atoms with Crippen molar-refractivity contribution in [1.82, 2.24) is 25.2 Å². The first kappa shape index (κ1) is 22.4. The van der Waals surface area contributed by atoms with Crippen molar-refractivity contribution in [2.45, 2.75) is 26.3 Å². The zero-order chi connectivity index (χ0) is 19.1. The molecule has 1 aromatic carbocycles. The minimum absolute atomic E-state index is 0. The Kier molecular flexibility index (Phi) is 8.91. The van der Waals surface area contributed by atoms with Crippen molar-refractivity contribution >= 4 is 41.3 Å². The number of imidazole rings is 1. The molecule has 2 aromatic heterocycles. The Morgan fingerprint density at radius 3 is 2.75 bits per heavy atom. The number of thiazole rings is 1. The van der Waals surface area contributed by atoms with Gasteiger partial charge in [-0.1, -0.05) is 37.3 Å². The van der Waals surface area contributed by atoms with E-state index in [1.165, 1.54) is 5.01 Å². The van der Waals surface area contributed by atoms with E-state index in [4.69, 9.17) is 0 Å². The molecule has 0 aliphatic carbocycles. The van der Waals surface area contributed by atoms with Crippen molar-refractivity contribution in [3.8, 4) is 11.3 Å². The van der Waals surface area contributed by atoms with Gasteiger partial charge in [-0.2, -0.15) is 0 Å². The molecule has 8 heteroatoms. The summed E-state index contributed by atoms with van der Waals surface area (Å²) in [5, 5.41) is 6.74. The summed E-state index contributed by atoms with van der Waals surface area (Å²) in [7, 11) is 3.81. The van der Waals surface area contributed by atoms with Crippen LogP contribution < -0.4 is 5.32 Å². The zero-order valence-electron chi connectivity index (χ0n) is 16.5. The fourth-order valence-corrected chi connectivity index (χ4v) is 3.60. The van der Waals surface area contributed by atoms with E-state index in [1.807, 2.05) is 31.4 Å². The Balaban J connectivity index is 0.00000280. The largest absolute Gasteiger partial charge is 0.356 e. The second-order valence-electron chi connectivity index (χ2n) is 6.28. The number of hydrogen-bond acceptors (Lipinski definition) is 4. The molecule has 0 spiro atoms. The van der Waals surface area contributed by atoms with E-state index in [2.05, 4.69) is 54.6 Å². The fraction of sp³-hybridized carbons (Fsp3) is 0.350. The highest BCUT2D eigenvalue weighted by atomic mass is 127. The molecule has 3 aromatic rings. The third-order valence-corrected chi connectivity index (χ3v) is 5.28. The van der Waals surface area contributed by atoms with Gasteiger partial charge in [-0.15, -0.1) is 35.3 Å². The van der Waals surface area contributed by atoms with Gasteiger partial charge < -0.3 is 15.2 Å². The van der Waals surface area contributed by atoms with Crippen LogP contribution in [-0.2, 0) is 19.4 Å². The number of rotatable bonds is 7. The van der Waals surface area contributed by atoms with Crippen molar-refractivity contribution in [1.29, 1.82) is 0 Å². The molecule has 2 N–H and O–H groups in total. The summed E-state index contributed by atoms with van der Waals surface area (Å²) in [6.07, 6.45) is 3.77. The molecule has 0 unspecified atom stereocenters. The topological polar surface area (TPSA) is 69.2 Å². The average Bonchev–Trinajstić information content (AvgIpc) is 3.35. The Morgan fingerprint density at radius 1 is 1.29 bits per heavy atom. The summed E-state index contributed by atoms with van der Waals surface area (Å²) in [5.41, 5.74) is 3.30. The summed E-state index contributed by atoms with van der Waals surface area (Å²) >= 11 is 1.73. The standard InChI is InChI=1S/C20H26N6S.HI/c1-4-19-24-16(14-27-19)10-11-22-20(21-2)26(3)13-18-23-12-17(25-18)15-8-6-5-7-9-15;/h5-9,12,14H,4,10-11,13H2,1-3H3,(H,21,22)(H,23,25);1H. The molecule has 0 fully saturated rings. The number of aromatic nitrogens is 3. The van der Waals surface area contributed by atoms with Crippen LogP contribution in [0.2, 0.25) is 0 Å². The Labute approximate surface area is 187 Å².